The zero-order valence-electron chi connectivity index (χ0n) is 12.0. The Morgan fingerprint density at radius 1 is 1.35 bits per heavy atom. The molecule has 8 nitrogen and oxygen atoms in total. The summed E-state index contributed by atoms with van der Waals surface area (Å²) in [4.78, 5) is 21.1. The highest BCUT2D eigenvalue weighted by Crippen LogP contribution is 2.24. The van der Waals surface area contributed by atoms with Crippen LogP contribution < -0.4 is 0 Å². The molecule has 2 N–H and O–H groups in total. The van der Waals surface area contributed by atoms with Crippen LogP contribution in [-0.2, 0) is 14.8 Å². The van der Waals surface area contributed by atoms with E-state index in [2.05, 4.69) is 0 Å². The summed E-state index contributed by atoms with van der Waals surface area (Å²) in [5, 5.41) is 26.3. The van der Waals surface area contributed by atoms with Crippen molar-refractivity contribution in [1.29, 1.82) is 5.26 Å². The van der Waals surface area contributed by atoms with E-state index in [1.54, 1.807) is 6.07 Å². The fourth-order valence-corrected chi connectivity index (χ4v) is 3.44. The molecule has 0 unspecified atom stereocenters. The first-order valence-corrected chi connectivity index (χ1v) is 7.67. The summed E-state index contributed by atoms with van der Waals surface area (Å²) in [6.45, 7) is -0.205. The molecule has 0 aliphatic rings. The zero-order valence-corrected chi connectivity index (χ0v) is 12.8. The van der Waals surface area contributed by atoms with Gasteiger partial charge in [-0.2, -0.15) is 9.57 Å². The average molecular weight is 344 g/mol. The van der Waals surface area contributed by atoms with E-state index in [1.807, 2.05) is 0 Å². The minimum atomic E-state index is -4.48. The number of carboxylic acids is 2. The second-order valence-corrected chi connectivity index (χ2v) is 6.43. The fourth-order valence-electron chi connectivity index (χ4n) is 1.79. The maximum Gasteiger partial charge on any atom is 0.335 e. The molecule has 1 aromatic rings. The van der Waals surface area contributed by atoms with Crippen LogP contribution in [0.4, 0.5) is 4.39 Å². The van der Waals surface area contributed by atoms with Crippen molar-refractivity contribution in [3.63, 3.8) is 0 Å². The van der Waals surface area contributed by atoms with Crippen LogP contribution in [0.1, 0.15) is 22.3 Å². The topological polar surface area (TPSA) is 136 Å². The van der Waals surface area contributed by atoms with Crippen LogP contribution in [0.15, 0.2) is 17.0 Å². The van der Waals surface area contributed by atoms with E-state index >= 15 is 0 Å². The molecule has 0 aromatic heterocycles. The van der Waals surface area contributed by atoms with Gasteiger partial charge in [0.1, 0.15) is 12.4 Å². The van der Waals surface area contributed by atoms with Gasteiger partial charge in [-0.3, -0.25) is 4.79 Å². The summed E-state index contributed by atoms with van der Waals surface area (Å²) in [5.74, 6) is -4.03. The monoisotopic (exact) mass is 344 g/mol. The van der Waals surface area contributed by atoms with Crippen molar-refractivity contribution in [2.45, 2.75) is 18.2 Å². The van der Waals surface area contributed by atoms with E-state index in [0.29, 0.717) is 10.4 Å². The summed E-state index contributed by atoms with van der Waals surface area (Å²) in [6, 6.07) is 3.12. The van der Waals surface area contributed by atoms with Gasteiger partial charge in [0.25, 0.3) is 0 Å². The summed E-state index contributed by atoms with van der Waals surface area (Å²) in [7, 11) is -4.48. The number of carboxylic acid groups (broad SMARTS) is 2. The molecule has 1 aromatic carbocycles. The molecule has 10 heteroatoms. The molecule has 0 bridgehead atoms. The molecule has 0 fully saturated rings. The molecule has 1 rings (SSSR count). The van der Waals surface area contributed by atoms with Crippen LogP contribution in [0.5, 0.6) is 0 Å². The minimum absolute atomic E-state index is 0.271. The third-order valence-corrected chi connectivity index (χ3v) is 4.92. The van der Waals surface area contributed by atoms with Gasteiger partial charge in [0.2, 0.25) is 10.0 Å². The molecule has 124 valence electrons. The molecule has 0 atom stereocenters. The van der Waals surface area contributed by atoms with Crippen LogP contribution in [0.25, 0.3) is 0 Å². The normalized spacial score (nSPS) is 11.2. The largest absolute Gasteiger partial charge is 0.480 e. The Bertz CT molecular complexity index is 784. The van der Waals surface area contributed by atoms with Crippen molar-refractivity contribution in [2.75, 3.05) is 13.1 Å². The van der Waals surface area contributed by atoms with Crippen LogP contribution in [0.3, 0.4) is 0 Å². The molecule has 23 heavy (non-hydrogen) atoms. The molecule has 0 amide bonds. The Hall–Kier alpha value is -2.51. The molecule has 0 radical (unpaired) electrons. The number of aliphatic carboxylic acids is 1. The first-order valence-electron chi connectivity index (χ1n) is 6.23. The highest BCUT2D eigenvalue weighted by molar-refractivity contribution is 7.89. The standard InChI is InChI=1S/C13H13FN2O6S/c1-8-10(14)5-9(13(19)20)6-11(8)23(21,22)16(4-2-3-15)7-12(17)18/h5-6H,2,4,7H2,1H3,(H,17,18)(H,19,20). The first kappa shape index (κ1) is 18.5. The average Bonchev–Trinajstić information content (AvgIpc) is 2.45. The summed E-state index contributed by atoms with van der Waals surface area (Å²) >= 11 is 0. The van der Waals surface area contributed by atoms with Gasteiger partial charge in [0, 0.05) is 18.5 Å². The summed E-state index contributed by atoms with van der Waals surface area (Å²) in [5.41, 5.74) is -0.912. The van der Waals surface area contributed by atoms with Crippen molar-refractivity contribution in [2.24, 2.45) is 0 Å². The number of benzene rings is 1. The second-order valence-electron chi connectivity index (χ2n) is 4.53. The van der Waals surface area contributed by atoms with Gasteiger partial charge < -0.3 is 10.2 Å². The number of hydrogen-bond acceptors (Lipinski definition) is 5. The van der Waals surface area contributed by atoms with Crippen molar-refractivity contribution in [1.82, 2.24) is 4.31 Å². The van der Waals surface area contributed by atoms with Crippen LogP contribution >= 0.6 is 0 Å². The van der Waals surface area contributed by atoms with E-state index in [0.717, 1.165) is 13.0 Å². The van der Waals surface area contributed by atoms with Crippen molar-refractivity contribution in [3.05, 3.63) is 29.1 Å². The smallest absolute Gasteiger partial charge is 0.335 e. The van der Waals surface area contributed by atoms with Gasteiger partial charge in [0.15, 0.2) is 0 Å². The molecule has 0 spiro atoms. The molecule has 0 aliphatic carbocycles. The van der Waals surface area contributed by atoms with Crippen molar-refractivity contribution in [3.8, 4) is 6.07 Å². The number of sulfonamides is 1. The second kappa shape index (κ2) is 7.17. The van der Waals surface area contributed by atoms with Crippen LogP contribution in [0.2, 0.25) is 0 Å². The molecule has 0 aliphatic heterocycles. The predicted octanol–water partition coefficient (Wildman–Crippen LogP) is 0.821. The number of hydrogen-bond donors (Lipinski definition) is 2. The molecule has 0 saturated carbocycles. The van der Waals surface area contributed by atoms with Gasteiger partial charge in [-0.15, -0.1) is 0 Å². The lowest BCUT2D eigenvalue weighted by Crippen LogP contribution is -2.37. The van der Waals surface area contributed by atoms with E-state index in [-0.39, 0.29) is 12.0 Å². The Kier molecular flexibility index (Phi) is 5.78. The molecule has 0 heterocycles. The number of aromatic carboxylic acids is 1. The Balaban J connectivity index is 3.47. The Morgan fingerprint density at radius 2 is 1.96 bits per heavy atom. The number of rotatable bonds is 7. The van der Waals surface area contributed by atoms with Crippen molar-refractivity contribution < 1.29 is 32.6 Å². The highest BCUT2D eigenvalue weighted by atomic mass is 32.2. The fraction of sp³-hybridized carbons (Fsp3) is 0.308. The molecular weight excluding hydrogens is 331 g/mol. The van der Waals surface area contributed by atoms with Crippen LogP contribution in [0, 0.1) is 24.1 Å². The van der Waals surface area contributed by atoms with Gasteiger partial charge in [-0.05, 0) is 19.1 Å². The first-order chi connectivity index (χ1) is 10.6. The van der Waals surface area contributed by atoms with Gasteiger partial charge in [0.05, 0.1) is 16.5 Å². The lowest BCUT2D eigenvalue weighted by molar-refractivity contribution is -0.137. The predicted molar refractivity (Wildman–Crippen MR) is 74.7 cm³/mol. The number of nitrogens with zero attached hydrogens (tertiary/aromatic N) is 2. The maximum atomic E-state index is 13.8. The minimum Gasteiger partial charge on any atom is -0.480 e. The van der Waals surface area contributed by atoms with Crippen molar-refractivity contribution >= 4 is 22.0 Å². The summed E-state index contributed by atoms with van der Waals surface area (Å²) < 4.78 is 39.3. The van der Waals surface area contributed by atoms with Gasteiger partial charge in [-0.25, -0.2) is 17.6 Å². The zero-order chi connectivity index (χ0) is 17.8. The third-order valence-electron chi connectivity index (χ3n) is 2.95. The highest BCUT2D eigenvalue weighted by Gasteiger charge is 2.30. The lowest BCUT2D eigenvalue weighted by atomic mass is 10.1. The third kappa shape index (κ3) is 4.24. The number of carbonyl (C=O) groups is 2. The number of nitriles is 1. The maximum absolute atomic E-state index is 13.8. The quantitative estimate of drug-likeness (QED) is 0.747. The molecular formula is C13H13FN2O6S. The van der Waals surface area contributed by atoms with E-state index in [9.17, 15) is 22.4 Å². The molecule has 0 saturated heterocycles. The number of halogens is 1. The van der Waals surface area contributed by atoms with Gasteiger partial charge in [-0.1, -0.05) is 0 Å². The summed E-state index contributed by atoms with van der Waals surface area (Å²) in [6.07, 6.45) is -0.271. The van der Waals surface area contributed by atoms with E-state index < -0.39 is 51.3 Å². The van der Waals surface area contributed by atoms with E-state index in [4.69, 9.17) is 15.5 Å². The SMILES string of the molecule is Cc1c(F)cc(C(=O)O)cc1S(=O)(=O)N(CCC#N)CC(=O)O. The lowest BCUT2D eigenvalue weighted by Gasteiger charge is -2.20. The Morgan fingerprint density at radius 3 is 2.43 bits per heavy atom. The van der Waals surface area contributed by atoms with E-state index in [1.165, 1.54) is 0 Å². The van der Waals surface area contributed by atoms with Gasteiger partial charge >= 0.3 is 11.9 Å². The van der Waals surface area contributed by atoms with Crippen LogP contribution in [-0.4, -0.2) is 48.0 Å². The Labute approximate surface area is 131 Å².